The smallest absolute Gasteiger partial charge is 0.0505 e. The van der Waals surface area contributed by atoms with E-state index in [1.807, 2.05) is 11.8 Å². The highest BCUT2D eigenvalue weighted by Gasteiger charge is 2.18. The van der Waals surface area contributed by atoms with Gasteiger partial charge in [-0.25, -0.2) is 0 Å². The summed E-state index contributed by atoms with van der Waals surface area (Å²) in [4.78, 5) is 3.84. The van der Waals surface area contributed by atoms with Crippen LogP contribution in [0.25, 0.3) is 0 Å². The van der Waals surface area contributed by atoms with Crippen molar-refractivity contribution in [1.29, 1.82) is 0 Å². The van der Waals surface area contributed by atoms with Crippen molar-refractivity contribution in [2.45, 2.75) is 37.6 Å². The van der Waals surface area contributed by atoms with Gasteiger partial charge in [0.25, 0.3) is 0 Å². The first kappa shape index (κ1) is 12.8. The lowest BCUT2D eigenvalue weighted by Crippen LogP contribution is -2.38. The van der Waals surface area contributed by atoms with Gasteiger partial charge in [-0.1, -0.05) is 19.9 Å². The lowest BCUT2D eigenvalue weighted by molar-refractivity contribution is 0.684. The summed E-state index contributed by atoms with van der Waals surface area (Å²) < 4.78 is 0. The number of nitrogens with two attached hydrogens (primary N) is 1. The van der Waals surface area contributed by atoms with Gasteiger partial charge in [0.05, 0.1) is 5.69 Å². The van der Waals surface area contributed by atoms with E-state index >= 15 is 0 Å². The molecule has 94 valence electrons. The second-order valence-corrected chi connectivity index (χ2v) is 6.29. The van der Waals surface area contributed by atoms with Crippen LogP contribution in [0.1, 0.15) is 32.3 Å². The first-order valence-corrected chi connectivity index (χ1v) is 7.33. The second kappa shape index (κ2) is 5.32. The van der Waals surface area contributed by atoms with Crippen LogP contribution in [0.15, 0.2) is 23.1 Å². The SMILES string of the molecule is CC(N)CN1CCSc2cc(C(C)C)ccc21. The zero-order chi connectivity index (χ0) is 12.4. The maximum absolute atomic E-state index is 5.91. The van der Waals surface area contributed by atoms with Gasteiger partial charge in [-0.15, -0.1) is 11.8 Å². The van der Waals surface area contributed by atoms with E-state index in [-0.39, 0.29) is 6.04 Å². The van der Waals surface area contributed by atoms with E-state index in [2.05, 4.69) is 43.9 Å². The Kier molecular flexibility index (Phi) is 4.00. The minimum Gasteiger partial charge on any atom is -0.368 e. The van der Waals surface area contributed by atoms with Crippen molar-refractivity contribution in [2.24, 2.45) is 5.73 Å². The van der Waals surface area contributed by atoms with E-state index in [1.54, 1.807) is 0 Å². The summed E-state index contributed by atoms with van der Waals surface area (Å²) in [5.74, 6) is 1.77. The number of fused-ring (bicyclic) bond motifs is 1. The molecule has 0 saturated heterocycles. The zero-order valence-electron chi connectivity index (χ0n) is 10.9. The molecule has 0 bridgehead atoms. The van der Waals surface area contributed by atoms with Crippen molar-refractivity contribution in [1.82, 2.24) is 0 Å². The van der Waals surface area contributed by atoms with Crippen LogP contribution < -0.4 is 10.6 Å². The summed E-state index contributed by atoms with van der Waals surface area (Å²) in [7, 11) is 0. The number of anilines is 1. The monoisotopic (exact) mass is 250 g/mol. The normalized spacial score (nSPS) is 17.1. The molecule has 1 heterocycles. The van der Waals surface area contributed by atoms with Gasteiger partial charge in [0.2, 0.25) is 0 Å². The highest BCUT2D eigenvalue weighted by molar-refractivity contribution is 7.99. The Hall–Kier alpha value is -0.670. The number of benzene rings is 1. The molecule has 0 aliphatic carbocycles. The number of rotatable bonds is 3. The topological polar surface area (TPSA) is 29.3 Å². The molecule has 1 aliphatic heterocycles. The van der Waals surface area contributed by atoms with Gasteiger partial charge < -0.3 is 10.6 Å². The zero-order valence-corrected chi connectivity index (χ0v) is 11.8. The Morgan fingerprint density at radius 1 is 1.35 bits per heavy atom. The largest absolute Gasteiger partial charge is 0.368 e. The summed E-state index contributed by atoms with van der Waals surface area (Å²) >= 11 is 1.97. The molecule has 1 unspecified atom stereocenters. The van der Waals surface area contributed by atoms with Crippen LogP contribution >= 0.6 is 11.8 Å². The first-order chi connectivity index (χ1) is 8.08. The maximum atomic E-state index is 5.91. The average Bonchev–Trinajstić information content (AvgIpc) is 2.28. The molecule has 2 rings (SSSR count). The molecule has 0 saturated carbocycles. The van der Waals surface area contributed by atoms with Gasteiger partial charge in [-0.05, 0) is 30.5 Å². The molecule has 0 radical (unpaired) electrons. The van der Waals surface area contributed by atoms with Gasteiger partial charge in [-0.3, -0.25) is 0 Å². The van der Waals surface area contributed by atoms with Crippen molar-refractivity contribution >= 4 is 17.4 Å². The third-order valence-corrected chi connectivity index (χ3v) is 4.14. The quantitative estimate of drug-likeness (QED) is 0.894. The van der Waals surface area contributed by atoms with Crippen LogP contribution in [0, 0.1) is 0 Å². The summed E-state index contributed by atoms with van der Waals surface area (Å²) in [6, 6.07) is 7.09. The summed E-state index contributed by atoms with van der Waals surface area (Å²) in [6.07, 6.45) is 0. The van der Waals surface area contributed by atoms with Crippen molar-refractivity contribution in [3.8, 4) is 0 Å². The van der Waals surface area contributed by atoms with Crippen molar-refractivity contribution in [3.63, 3.8) is 0 Å². The molecule has 2 nitrogen and oxygen atoms in total. The van der Waals surface area contributed by atoms with Crippen LogP contribution in [-0.2, 0) is 0 Å². The predicted molar refractivity (Wildman–Crippen MR) is 77.1 cm³/mol. The van der Waals surface area contributed by atoms with Crippen LogP contribution in [0.2, 0.25) is 0 Å². The van der Waals surface area contributed by atoms with E-state index in [0.29, 0.717) is 5.92 Å². The number of hydrogen-bond donors (Lipinski definition) is 1. The molecule has 2 N–H and O–H groups in total. The lowest BCUT2D eigenvalue weighted by Gasteiger charge is -2.32. The molecule has 17 heavy (non-hydrogen) atoms. The van der Waals surface area contributed by atoms with E-state index in [1.165, 1.54) is 21.9 Å². The molecule has 0 spiro atoms. The van der Waals surface area contributed by atoms with E-state index in [4.69, 9.17) is 5.73 Å². The molecule has 1 atom stereocenters. The highest BCUT2D eigenvalue weighted by Crippen LogP contribution is 2.36. The number of thioether (sulfide) groups is 1. The van der Waals surface area contributed by atoms with Crippen LogP contribution in [-0.4, -0.2) is 24.9 Å². The van der Waals surface area contributed by atoms with Crippen molar-refractivity contribution in [2.75, 3.05) is 23.7 Å². The van der Waals surface area contributed by atoms with Crippen molar-refractivity contribution < 1.29 is 0 Å². The first-order valence-electron chi connectivity index (χ1n) is 6.35. The molecular formula is C14H22N2S. The van der Waals surface area contributed by atoms with E-state index < -0.39 is 0 Å². The number of hydrogen-bond acceptors (Lipinski definition) is 3. The molecule has 1 aromatic rings. The van der Waals surface area contributed by atoms with E-state index in [9.17, 15) is 0 Å². The molecule has 1 aromatic carbocycles. The Labute approximate surface area is 109 Å². The molecule has 0 amide bonds. The minimum absolute atomic E-state index is 0.232. The molecule has 3 heteroatoms. The molecule has 0 fully saturated rings. The van der Waals surface area contributed by atoms with Crippen LogP contribution in [0.5, 0.6) is 0 Å². The fourth-order valence-corrected chi connectivity index (χ4v) is 3.29. The average molecular weight is 250 g/mol. The molecular weight excluding hydrogens is 228 g/mol. The Morgan fingerprint density at radius 3 is 2.76 bits per heavy atom. The maximum Gasteiger partial charge on any atom is 0.0505 e. The number of nitrogens with zero attached hydrogens (tertiary/aromatic N) is 1. The predicted octanol–water partition coefficient (Wildman–Crippen LogP) is 3.07. The Morgan fingerprint density at radius 2 is 2.12 bits per heavy atom. The fraction of sp³-hybridized carbons (Fsp3) is 0.571. The molecule has 0 aromatic heterocycles. The standard InChI is InChI=1S/C14H22N2S/c1-10(2)12-4-5-13-14(8-12)17-7-6-16(13)9-11(3)15/h4-5,8,10-11H,6-7,9,15H2,1-3H3. The summed E-state index contributed by atoms with van der Waals surface area (Å²) in [5.41, 5.74) is 8.70. The molecule has 1 aliphatic rings. The highest BCUT2D eigenvalue weighted by atomic mass is 32.2. The fourth-order valence-electron chi connectivity index (χ4n) is 2.19. The Balaban J connectivity index is 2.27. The van der Waals surface area contributed by atoms with Gasteiger partial charge in [0, 0.05) is 29.8 Å². The van der Waals surface area contributed by atoms with Crippen LogP contribution in [0.4, 0.5) is 5.69 Å². The second-order valence-electron chi connectivity index (χ2n) is 5.15. The van der Waals surface area contributed by atoms with Crippen molar-refractivity contribution in [3.05, 3.63) is 23.8 Å². The van der Waals surface area contributed by atoms with Gasteiger partial charge in [0.1, 0.15) is 0 Å². The van der Waals surface area contributed by atoms with Crippen LogP contribution in [0.3, 0.4) is 0 Å². The minimum atomic E-state index is 0.232. The van der Waals surface area contributed by atoms with Gasteiger partial charge in [0.15, 0.2) is 0 Å². The van der Waals surface area contributed by atoms with Gasteiger partial charge in [-0.2, -0.15) is 0 Å². The Bertz CT molecular complexity index is 388. The van der Waals surface area contributed by atoms with Gasteiger partial charge >= 0.3 is 0 Å². The summed E-state index contributed by atoms with van der Waals surface area (Å²) in [5, 5.41) is 0. The lowest BCUT2D eigenvalue weighted by atomic mass is 10.0. The third-order valence-electron chi connectivity index (χ3n) is 3.12. The third kappa shape index (κ3) is 2.96. The summed E-state index contributed by atoms with van der Waals surface area (Å²) in [6.45, 7) is 8.63. The van der Waals surface area contributed by atoms with E-state index in [0.717, 1.165) is 13.1 Å².